The molecule has 0 spiro atoms. The molecule has 100 valence electrons. The van der Waals surface area contributed by atoms with E-state index >= 15 is 0 Å². The van der Waals surface area contributed by atoms with E-state index in [4.69, 9.17) is 17.3 Å². The summed E-state index contributed by atoms with van der Waals surface area (Å²) in [4.78, 5) is 16.4. The Bertz CT molecular complexity index is 610. The molecule has 6 heteroatoms. The van der Waals surface area contributed by atoms with Gasteiger partial charge in [-0.3, -0.25) is 10.1 Å². The van der Waals surface area contributed by atoms with Crippen LogP contribution in [0.5, 0.6) is 0 Å². The molecule has 0 aliphatic rings. The number of benzene rings is 1. The summed E-state index contributed by atoms with van der Waals surface area (Å²) in [6.45, 7) is 4.11. The fourth-order valence-corrected chi connectivity index (χ4v) is 2.63. The number of thiazole rings is 1. The third-order valence-electron chi connectivity index (χ3n) is 2.57. The lowest BCUT2D eigenvalue weighted by molar-refractivity contribution is 0.102. The number of aromatic nitrogens is 1. The molecule has 0 unspecified atom stereocenters. The third kappa shape index (κ3) is 3.24. The van der Waals surface area contributed by atoms with Crippen LogP contribution in [0.1, 0.15) is 35.8 Å². The molecular formula is C13H14ClN3OS. The maximum Gasteiger partial charge on any atom is 0.258 e. The zero-order chi connectivity index (χ0) is 14.0. The van der Waals surface area contributed by atoms with Crippen molar-refractivity contribution in [1.82, 2.24) is 4.98 Å². The van der Waals surface area contributed by atoms with Crippen molar-refractivity contribution in [2.45, 2.75) is 19.8 Å². The summed E-state index contributed by atoms with van der Waals surface area (Å²) in [6.07, 6.45) is 0. The van der Waals surface area contributed by atoms with Gasteiger partial charge in [-0.15, -0.1) is 11.3 Å². The Balaban J connectivity index is 2.16. The molecule has 0 atom stereocenters. The number of nitrogens with two attached hydrogens (primary N) is 1. The quantitative estimate of drug-likeness (QED) is 0.847. The number of nitrogens with zero attached hydrogens (tertiary/aromatic N) is 1. The minimum Gasteiger partial charge on any atom is -0.399 e. The Morgan fingerprint density at radius 3 is 2.79 bits per heavy atom. The van der Waals surface area contributed by atoms with E-state index in [-0.39, 0.29) is 5.91 Å². The maximum absolute atomic E-state index is 12.1. The van der Waals surface area contributed by atoms with Crippen molar-refractivity contribution in [2.24, 2.45) is 0 Å². The first-order chi connectivity index (χ1) is 8.97. The molecule has 2 aromatic rings. The Kier molecular flexibility index (Phi) is 4.07. The lowest BCUT2D eigenvalue weighted by Crippen LogP contribution is -2.12. The summed E-state index contributed by atoms with van der Waals surface area (Å²) in [6, 6.07) is 4.80. The van der Waals surface area contributed by atoms with Crippen LogP contribution in [0.25, 0.3) is 0 Å². The fraction of sp³-hybridized carbons (Fsp3) is 0.231. The highest BCUT2D eigenvalue weighted by molar-refractivity contribution is 7.14. The number of halogens is 1. The molecule has 1 aromatic heterocycles. The van der Waals surface area contributed by atoms with Gasteiger partial charge in [0.15, 0.2) is 5.13 Å². The number of hydrogen-bond acceptors (Lipinski definition) is 4. The molecule has 1 heterocycles. The molecule has 2 rings (SSSR count). The van der Waals surface area contributed by atoms with E-state index < -0.39 is 0 Å². The SMILES string of the molecule is CC(C)c1csc(NC(=O)c2ccc(N)cc2Cl)n1. The Labute approximate surface area is 120 Å². The number of carbonyl (C=O) groups excluding carboxylic acids is 1. The van der Waals surface area contributed by atoms with Crippen LogP contribution >= 0.6 is 22.9 Å². The normalized spacial score (nSPS) is 10.7. The second-order valence-electron chi connectivity index (χ2n) is 4.43. The van der Waals surface area contributed by atoms with Crippen LogP contribution < -0.4 is 11.1 Å². The second kappa shape index (κ2) is 5.59. The first kappa shape index (κ1) is 13.8. The monoisotopic (exact) mass is 295 g/mol. The molecule has 0 fully saturated rings. The van der Waals surface area contributed by atoms with E-state index in [1.54, 1.807) is 18.2 Å². The number of hydrogen-bond donors (Lipinski definition) is 2. The highest BCUT2D eigenvalue weighted by atomic mass is 35.5. The molecular weight excluding hydrogens is 282 g/mol. The standard InChI is InChI=1S/C13H14ClN3OS/c1-7(2)11-6-19-13(16-11)17-12(18)9-4-3-8(15)5-10(9)14/h3-7H,15H2,1-2H3,(H,16,17,18). The minimum absolute atomic E-state index is 0.283. The summed E-state index contributed by atoms with van der Waals surface area (Å²) in [5, 5.41) is 5.57. The lowest BCUT2D eigenvalue weighted by atomic mass is 10.2. The zero-order valence-corrected chi connectivity index (χ0v) is 12.2. The largest absolute Gasteiger partial charge is 0.399 e. The first-order valence-electron chi connectivity index (χ1n) is 5.79. The van der Waals surface area contributed by atoms with Crippen LogP contribution in [0.2, 0.25) is 5.02 Å². The lowest BCUT2D eigenvalue weighted by Gasteiger charge is -2.05. The average molecular weight is 296 g/mol. The van der Waals surface area contributed by atoms with Crippen molar-refractivity contribution < 1.29 is 4.79 Å². The molecule has 0 saturated heterocycles. The molecule has 19 heavy (non-hydrogen) atoms. The summed E-state index contributed by atoms with van der Waals surface area (Å²) in [5.41, 5.74) is 7.46. The van der Waals surface area contributed by atoms with Crippen LogP contribution in [0.3, 0.4) is 0 Å². The van der Waals surface area contributed by atoms with Crippen molar-refractivity contribution in [3.05, 3.63) is 39.9 Å². The molecule has 1 aromatic carbocycles. The summed E-state index contributed by atoms with van der Waals surface area (Å²) in [5.74, 6) is 0.0525. The summed E-state index contributed by atoms with van der Waals surface area (Å²) >= 11 is 7.39. The predicted octanol–water partition coefficient (Wildman–Crippen LogP) is 3.75. The van der Waals surface area contributed by atoms with Gasteiger partial charge in [0.25, 0.3) is 5.91 Å². The first-order valence-corrected chi connectivity index (χ1v) is 7.05. The molecule has 4 nitrogen and oxygen atoms in total. The molecule has 0 radical (unpaired) electrons. The molecule has 0 bridgehead atoms. The summed E-state index contributed by atoms with van der Waals surface area (Å²) in [7, 11) is 0. The molecule has 3 N–H and O–H groups in total. The van der Waals surface area contributed by atoms with Gasteiger partial charge in [0.1, 0.15) is 0 Å². The molecule has 0 aliphatic heterocycles. The van der Waals surface area contributed by atoms with Crippen LogP contribution in [0, 0.1) is 0 Å². The number of amides is 1. The van der Waals surface area contributed by atoms with Crippen LogP contribution in [0.15, 0.2) is 23.6 Å². The van der Waals surface area contributed by atoms with E-state index in [1.165, 1.54) is 11.3 Å². The van der Waals surface area contributed by atoms with Crippen molar-refractivity contribution in [3.8, 4) is 0 Å². The van der Waals surface area contributed by atoms with Gasteiger partial charge in [0.05, 0.1) is 16.3 Å². The number of nitrogens with one attached hydrogen (secondary N) is 1. The van der Waals surface area contributed by atoms with Crippen molar-refractivity contribution >= 4 is 39.7 Å². The van der Waals surface area contributed by atoms with Crippen molar-refractivity contribution in [2.75, 3.05) is 11.1 Å². The van der Waals surface area contributed by atoms with Crippen molar-refractivity contribution in [3.63, 3.8) is 0 Å². The smallest absolute Gasteiger partial charge is 0.258 e. The molecule has 0 saturated carbocycles. The number of rotatable bonds is 3. The number of nitrogen functional groups attached to an aromatic ring is 1. The van der Waals surface area contributed by atoms with E-state index in [2.05, 4.69) is 24.1 Å². The van der Waals surface area contributed by atoms with Crippen LogP contribution in [-0.2, 0) is 0 Å². The van der Waals surface area contributed by atoms with Gasteiger partial charge in [0.2, 0.25) is 0 Å². The van der Waals surface area contributed by atoms with Crippen LogP contribution in [-0.4, -0.2) is 10.9 Å². The highest BCUT2D eigenvalue weighted by Crippen LogP contribution is 2.24. The zero-order valence-electron chi connectivity index (χ0n) is 10.6. The fourth-order valence-electron chi connectivity index (χ4n) is 1.49. The predicted molar refractivity (Wildman–Crippen MR) is 80.0 cm³/mol. The van der Waals surface area contributed by atoms with E-state index in [1.807, 2.05) is 5.38 Å². The number of carbonyl (C=O) groups is 1. The average Bonchev–Trinajstić information content (AvgIpc) is 2.77. The Hall–Kier alpha value is -1.59. The van der Waals surface area contributed by atoms with Gasteiger partial charge in [-0.2, -0.15) is 0 Å². The van der Waals surface area contributed by atoms with Gasteiger partial charge in [0, 0.05) is 11.1 Å². The van der Waals surface area contributed by atoms with Gasteiger partial charge < -0.3 is 5.73 Å². The van der Waals surface area contributed by atoms with Gasteiger partial charge >= 0.3 is 0 Å². The van der Waals surface area contributed by atoms with E-state index in [9.17, 15) is 4.79 Å². The van der Waals surface area contributed by atoms with Gasteiger partial charge in [-0.25, -0.2) is 4.98 Å². The molecule has 1 amide bonds. The van der Waals surface area contributed by atoms with Gasteiger partial charge in [-0.05, 0) is 24.1 Å². The minimum atomic E-state index is -0.283. The second-order valence-corrected chi connectivity index (χ2v) is 5.69. The Morgan fingerprint density at radius 1 is 1.47 bits per heavy atom. The van der Waals surface area contributed by atoms with E-state index in [0.29, 0.717) is 27.3 Å². The topological polar surface area (TPSA) is 68.0 Å². The Morgan fingerprint density at radius 2 is 2.21 bits per heavy atom. The van der Waals surface area contributed by atoms with Crippen molar-refractivity contribution in [1.29, 1.82) is 0 Å². The maximum atomic E-state index is 12.1. The van der Waals surface area contributed by atoms with Gasteiger partial charge in [-0.1, -0.05) is 25.4 Å². The third-order valence-corrected chi connectivity index (χ3v) is 3.66. The molecule has 0 aliphatic carbocycles. The number of anilines is 2. The van der Waals surface area contributed by atoms with Crippen LogP contribution in [0.4, 0.5) is 10.8 Å². The highest BCUT2D eigenvalue weighted by Gasteiger charge is 2.13. The summed E-state index contributed by atoms with van der Waals surface area (Å²) < 4.78 is 0. The van der Waals surface area contributed by atoms with E-state index in [0.717, 1.165) is 5.69 Å².